The lowest BCUT2D eigenvalue weighted by molar-refractivity contribution is 0.254. The smallest absolute Gasteiger partial charge is 0.388 e. The Morgan fingerprint density at radius 1 is 0.867 bits per heavy atom. The Bertz CT molecular complexity index is 958. The van der Waals surface area contributed by atoms with E-state index in [9.17, 15) is 0 Å². The summed E-state index contributed by atoms with van der Waals surface area (Å²) in [6.45, 7) is 2.52. The molecule has 1 unspecified atom stereocenters. The molecule has 0 amide bonds. The molecule has 3 aromatic carbocycles. The number of hydrogen-bond acceptors (Lipinski definition) is 4. The number of ether oxygens (including phenoxy) is 1. The average molecular weight is 399 g/mol. The molecule has 1 fully saturated rings. The molecular formula is C25H30BN3O. The Balaban J connectivity index is 1.46. The van der Waals surface area contributed by atoms with Crippen molar-refractivity contribution in [2.45, 2.75) is 38.0 Å². The normalized spacial score (nSPS) is 17.7. The maximum atomic E-state index is 5.36. The quantitative estimate of drug-likeness (QED) is 0.579. The number of rotatable bonds is 5. The fraction of sp³-hybridized carbons (Fsp3) is 0.360. The predicted molar refractivity (Wildman–Crippen MR) is 127 cm³/mol. The predicted octanol–water partition coefficient (Wildman–Crippen LogP) is 5.20. The van der Waals surface area contributed by atoms with Crippen molar-refractivity contribution in [2.24, 2.45) is 0 Å². The molecule has 0 spiro atoms. The minimum atomic E-state index is 0.172. The fourth-order valence-electron chi connectivity index (χ4n) is 5.03. The van der Waals surface area contributed by atoms with Crippen LogP contribution in [0.3, 0.4) is 0 Å². The van der Waals surface area contributed by atoms with Gasteiger partial charge in [0.05, 0.1) is 7.11 Å². The molecule has 30 heavy (non-hydrogen) atoms. The van der Waals surface area contributed by atoms with Crippen LogP contribution in [-0.4, -0.2) is 38.0 Å². The molecule has 5 rings (SSSR count). The van der Waals surface area contributed by atoms with Crippen LogP contribution < -0.4 is 15.2 Å². The van der Waals surface area contributed by atoms with Gasteiger partial charge in [0, 0.05) is 22.7 Å². The third-order valence-corrected chi connectivity index (χ3v) is 6.63. The molecule has 0 radical (unpaired) electrons. The third kappa shape index (κ3) is 3.86. The van der Waals surface area contributed by atoms with E-state index in [0.29, 0.717) is 5.94 Å². The third-order valence-electron chi connectivity index (χ3n) is 6.63. The molecule has 0 aromatic heterocycles. The molecule has 154 valence electrons. The molecule has 2 aliphatic heterocycles. The van der Waals surface area contributed by atoms with Crippen LogP contribution in [0.4, 0.5) is 11.4 Å². The Labute approximate surface area is 179 Å². The number of hydrogen-bond donors (Lipinski definition) is 2. The zero-order valence-electron chi connectivity index (χ0n) is 17.7. The molecule has 2 N–H and O–H groups in total. The first-order chi connectivity index (χ1) is 14.8. The Morgan fingerprint density at radius 2 is 1.50 bits per heavy atom. The van der Waals surface area contributed by atoms with Gasteiger partial charge in [0.25, 0.3) is 0 Å². The summed E-state index contributed by atoms with van der Waals surface area (Å²) in [5.41, 5.74) is 3.83. The van der Waals surface area contributed by atoms with Crippen LogP contribution in [0.15, 0.2) is 60.7 Å². The second-order valence-corrected chi connectivity index (χ2v) is 8.55. The van der Waals surface area contributed by atoms with Crippen LogP contribution in [0.25, 0.3) is 10.8 Å². The van der Waals surface area contributed by atoms with Crippen LogP contribution in [-0.2, 0) is 6.42 Å². The Kier molecular flexibility index (Phi) is 5.54. The van der Waals surface area contributed by atoms with E-state index in [1.54, 1.807) is 7.11 Å². The van der Waals surface area contributed by atoms with Crippen LogP contribution in [0, 0.1) is 0 Å². The van der Waals surface area contributed by atoms with E-state index >= 15 is 0 Å². The molecule has 0 bridgehead atoms. The molecular weight excluding hydrogens is 369 g/mol. The van der Waals surface area contributed by atoms with Crippen molar-refractivity contribution in [3.05, 3.63) is 66.2 Å². The van der Waals surface area contributed by atoms with Gasteiger partial charge >= 0.3 is 6.98 Å². The van der Waals surface area contributed by atoms with E-state index < -0.39 is 0 Å². The summed E-state index contributed by atoms with van der Waals surface area (Å²) in [5, 5.41) is 10.3. The van der Waals surface area contributed by atoms with Gasteiger partial charge in [-0.15, -0.1) is 0 Å². The van der Waals surface area contributed by atoms with Crippen molar-refractivity contribution in [3.63, 3.8) is 0 Å². The van der Waals surface area contributed by atoms with E-state index in [1.165, 1.54) is 66.5 Å². The topological polar surface area (TPSA) is 36.5 Å². The van der Waals surface area contributed by atoms with E-state index in [2.05, 4.69) is 76.0 Å². The standard InChI is InChI=1S/C25H30BN3O/c1-30-21-14-12-19(13-15-21)18-24(29-16-4-2-3-5-17-29)26-27-22-10-6-8-20-9-7-11-23(28-26)25(20)22/h6-15,24,27-28H,2-5,16-18H2,1H3. The van der Waals surface area contributed by atoms with Crippen molar-refractivity contribution >= 4 is 29.1 Å². The molecule has 1 saturated heterocycles. The maximum Gasteiger partial charge on any atom is 0.388 e. The molecule has 2 heterocycles. The Morgan fingerprint density at radius 3 is 2.10 bits per heavy atom. The van der Waals surface area contributed by atoms with Gasteiger partial charge in [-0.3, -0.25) is 0 Å². The largest absolute Gasteiger partial charge is 0.497 e. The number of benzene rings is 3. The van der Waals surface area contributed by atoms with Gasteiger partial charge in [-0.1, -0.05) is 49.2 Å². The van der Waals surface area contributed by atoms with Gasteiger partial charge in [-0.05, 0) is 67.6 Å². The summed E-state index contributed by atoms with van der Waals surface area (Å²) in [7, 11) is 1.73. The average Bonchev–Trinajstić information content (AvgIpc) is 3.08. The molecule has 3 aromatic rings. The second kappa shape index (κ2) is 8.61. The highest BCUT2D eigenvalue weighted by Crippen LogP contribution is 2.35. The molecule has 2 aliphatic rings. The van der Waals surface area contributed by atoms with Gasteiger partial charge < -0.3 is 20.1 Å². The molecule has 4 nitrogen and oxygen atoms in total. The van der Waals surface area contributed by atoms with Gasteiger partial charge in [0.15, 0.2) is 0 Å². The number of nitrogens with zero attached hydrogens (tertiary/aromatic N) is 1. The lowest BCUT2D eigenvalue weighted by Gasteiger charge is -2.38. The minimum Gasteiger partial charge on any atom is -0.497 e. The summed E-state index contributed by atoms with van der Waals surface area (Å²) in [6, 6.07) is 21.7. The molecule has 0 saturated carbocycles. The Hall–Kier alpha value is -2.66. The number of likely N-dealkylation sites (tertiary alicyclic amines) is 1. The number of anilines is 2. The van der Waals surface area contributed by atoms with Gasteiger partial charge in [-0.2, -0.15) is 0 Å². The van der Waals surface area contributed by atoms with Crippen LogP contribution in [0.2, 0.25) is 0 Å². The van der Waals surface area contributed by atoms with Crippen molar-refractivity contribution < 1.29 is 4.74 Å². The van der Waals surface area contributed by atoms with E-state index in [4.69, 9.17) is 4.74 Å². The zero-order chi connectivity index (χ0) is 20.3. The van der Waals surface area contributed by atoms with Gasteiger partial charge in [0.2, 0.25) is 0 Å². The van der Waals surface area contributed by atoms with Crippen molar-refractivity contribution in [1.82, 2.24) is 4.90 Å². The van der Waals surface area contributed by atoms with Crippen LogP contribution >= 0.6 is 0 Å². The number of nitrogens with one attached hydrogen (secondary N) is 2. The SMILES string of the molecule is COc1ccc(CC(B2Nc3cccc4cccc(c34)N2)N2CCCCCC2)cc1. The first-order valence-corrected chi connectivity index (χ1v) is 11.2. The monoisotopic (exact) mass is 399 g/mol. The van der Waals surface area contributed by atoms with Gasteiger partial charge in [-0.25, -0.2) is 0 Å². The van der Waals surface area contributed by atoms with E-state index in [-0.39, 0.29) is 6.98 Å². The highest BCUT2D eigenvalue weighted by molar-refractivity contribution is 6.69. The van der Waals surface area contributed by atoms with Crippen molar-refractivity contribution in [2.75, 3.05) is 30.7 Å². The highest BCUT2D eigenvalue weighted by Gasteiger charge is 2.36. The highest BCUT2D eigenvalue weighted by atomic mass is 16.5. The second-order valence-electron chi connectivity index (χ2n) is 8.55. The number of methoxy groups -OCH3 is 1. The first-order valence-electron chi connectivity index (χ1n) is 11.2. The van der Waals surface area contributed by atoms with Crippen molar-refractivity contribution in [1.29, 1.82) is 0 Å². The van der Waals surface area contributed by atoms with E-state index in [1.807, 2.05) is 0 Å². The lowest BCUT2D eigenvalue weighted by Crippen LogP contribution is -2.57. The molecule has 1 atom stereocenters. The molecule has 0 aliphatic carbocycles. The maximum absolute atomic E-state index is 5.36. The first kappa shape index (κ1) is 19.3. The summed E-state index contributed by atoms with van der Waals surface area (Å²) in [4.78, 5) is 2.70. The zero-order valence-corrected chi connectivity index (χ0v) is 17.7. The summed E-state index contributed by atoms with van der Waals surface area (Å²) >= 11 is 0. The minimum absolute atomic E-state index is 0.172. The fourth-order valence-corrected chi connectivity index (χ4v) is 5.03. The summed E-state index contributed by atoms with van der Waals surface area (Å²) in [6.07, 6.45) is 6.28. The lowest BCUT2D eigenvalue weighted by atomic mass is 9.62. The van der Waals surface area contributed by atoms with Crippen LogP contribution in [0.5, 0.6) is 5.75 Å². The summed E-state index contributed by atoms with van der Waals surface area (Å²) in [5.74, 6) is 1.29. The van der Waals surface area contributed by atoms with E-state index in [0.717, 1.165) is 12.2 Å². The van der Waals surface area contributed by atoms with Crippen LogP contribution in [0.1, 0.15) is 31.2 Å². The van der Waals surface area contributed by atoms with Crippen molar-refractivity contribution in [3.8, 4) is 5.75 Å². The molecule has 5 heteroatoms. The van der Waals surface area contributed by atoms with Gasteiger partial charge in [0.1, 0.15) is 5.75 Å². The summed E-state index contributed by atoms with van der Waals surface area (Å²) < 4.78 is 5.36.